The Kier molecular flexibility index (Phi) is 6.67. The minimum Gasteiger partial charge on any atom is -0.353 e. The van der Waals surface area contributed by atoms with Crippen LogP contribution in [0.15, 0.2) is 24.3 Å². The first-order chi connectivity index (χ1) is 12.3. The van der Waals surface area contributed by atoms with Gasteiger partial charge in [0.25, 0.3) is 5.91 Å². The van der Waals surface area contributed by atoms with E-state index in [-0.39, 0.29) is 29.3 Å². The third kappa shape index (κ3) is 4.99. The van der Waals surface area contributed by atoms with Crippen LogP contribution in [0.25, 0.3) is 0 Å². The van der Waals surface area contributed by atoms with Gasteiger partial charge in [-0.05, 0) is 49.9 Å². The number of rotatable bonds is 5. The molecule has 1 N–H and O–H groups in total. The van der Waals surface area contributed by atoms with Crippen LogP contribution in [-0.4, -0.2) is 35.8 Å². The second-order valence-corrected chi connectivity index (χ2v) is 6.66. The number of amides is 2. The molecular formula is C19H25F3N2O2. The van der Waals surface area contributed by atoms with Crippen molar-refractivity contribution in [3.63, 3.8) is 0 Å². The zero-order valence-corrected chi connectivity index (χ0v) is 15.1. The van der Waals surface area contributed by atoms with Gasteiger partial charge in [-0.25, -0.2) is 0 Å². The monoisotopic (exact) mass is 370 g/mol. The van der Waals surface area contributed by atoms with Crippen molar-refractivity contribution in [2.45, 2.75) is 51.7 Å². The van der Waals surface area contributed by atoms with Gasteiger partial charge in [0.15, 0.2) is 0 Å². The summed E-state index contributed by atoms with van der Waals surface area (Å²) in [5.41, 5.74) is -0.519. The zero-order chi connectivity index (χ0) is 19.3. The maximum atomic E-state index is 12.6. The molecule has 0 aromatic heterocycles. The van der Waals surface area contributed by atoms with E-state index in [0.29, 0.717) is 25.9 Å². The summed E-state index contributed by atoms with van der Waals surface area (Å²) in [5.74, 6) is -0.201. The van der Waals surface area contributed by atoms with E-state index < -0.39 is 11.7 Å². The molecule has 1 saturated heterocycles. The van der Waals surface area contributed by atoms with E-state index in [1.54, 1.807) is 4.90 Å². The van der Waals surface area contributed by atoms with Crippen molar-refractivity contribution in [1.82, 2.24) is 10.2 Å². The standard InChI is InChI=1S/C19H25F3N2O2/c1-3-13(4-2)17(25)23-16-9-11-24(12-10-16)18(26)14-5-7-15(8-6-14)19(20,21)22/h5-8,13,16H,3-4,9-12H2,1-2H3,(H,23,25). The molecule has 0 spiro atoms. The fourth-order valence-corrected chi connectivity index (χ4v) is 3.19. The van der Waals surface area contributed by atoms with Crippen molar-refractivity contribution in [2.75, 3.05) is 13.1 Å². The van der Waals surface area contributed by atoms with Crippen molar-refractivity contribution < 1.29 is 22.8 Å². The summed E-state index contributed by atoms with van der Waals surface area (Å²) in [6.07, 6.45) is -1.51. The summed E-state index contributed by atoms with van der Waals surface area (Å²) >= 11 is 0. The minimum absolute atomic E-state index is 0.0156. The maximum Gasteiger partial charge on any atom is 0.416 e. The van der Waals surface area contributed by atoms with Gasteiger partial charge in [-0.1, -0.05) is 13.8 Å². The maximum absolute atomic E-state index is 12.6. The number of nitrogens with one attached hydrogen (secondary N) is 1. The number of hydrogen-bond donors (Lipinski definition) is 1. The van der Waals surface area contributed by atoms with Crippen LogP contribution < -0.4 is 5.32 Å². The molecule has 0 bridgehead atoms. The van der Waals surface area contributed by atoms with Crippen LogP contribution >= 0.6 is 0 Å². The lowest BCUT2D eigenvalue weighted by Gasteiger charge is -2.33. The molecule has 144 valence electrons. The van der Waals surface area contributed by atoms with Crippen molar-refractivity contribution in [3.05, 3.63) is 35.4 Å². The molecule has 26 heavy (non-hydrogen) atoms. The van der Waals surface area contributed by atoms with Gasteiger partial charge >= 0.3 is 6.18 Å². The van der Waals surface area contributed by atoms with Gasteiger partial charge in [0, 0.05) is 30.6 Å². The Morgan fingerprint density at radius 2 is 1.65 bits per heavy atom. The van der Waals surface area contributed by atoms with Gasteiger partial charge in [0.2, 0.25) is 5.91 Å². The van der Waals surface area contributed by atoms with E-state index in [0.717, 1.165) is 25.0 Å². The topological polar surface area (TPSA) is 49.4 Å². The van der Waals surface area contributed by atoms with Gasteiger partial charge in [-0.3, -0.25) is 9.59 Å². The number of alkyl halides is 3. The third-order valence-electron chi connectivity index (χ3n) is 4.94. The molecule has 1 aromatic rings. The summed E-state index contributed by atoms with van der Waals surface area (Å²) in [5, 5.41) is 3.04. The Labute approximate surface area is 151 Å². The summed E-state index contributed by atoms with van der Waals surface area (Å²) in [6, 6.07) is 4.32. The smallest absolute Gasteiger partial charge is 0.353 e. The SMILES string of the molecule is CCC(CC)C(=O)NC1CCN(C(=O)c2ccc(C(F)(F)F)cc2)CC1. The van der Waals surface area contributed by atoms with E-state index in [1.807, 2.05) is 13.8 Å². The van der Waals surface area contributed by atoms with Crippen molar-refractivity contribution >= 4 is 11.8 Å². The van der Waals surface area contributed by atoms with Gasteiger partial charge in [0.1, 0.15) is 0 Å². The highest BCUT2D eigenvalue weighted by Crippen LogP contribution is 2.29. The Balaban J connectivity index is 1.89. The molecule has 1 aliphatic rings. The molecule has 1 aromatic carbocycles. The summed E-state index contributed by atoms with van der Waals surface area (Å²) in [7, 11) is 0. The van der Waals surface area contributed by atoms with Crippen LogP contribution in [0.3, 0.4) is 0 Å². The third-order valence-corrected chi connectivity index (χ3v) is 4.94. The molecule has 4 nitrogen and oxygen atoms in total. The van der Waals surface area contributed by atoms with Crippen molar-refractivity contribution in [3.8, 4) is 0 Å². The second kappa shape index (κ2) is 8.56. The highest BCUT2D eigenvalue weighted by atomic mass is 19.4. The summed E-state index contributed by atoms with van der Waals surface area (Å²) < 4.78 is 37.8. The number of hydrogen-bond acceptors (Lipinski definition) is 2. The number of benzene rings is 1. The Hall–Kier alpha value is -2.05. The normalized spacial score (nSPS) is 16.0. The molecule has 2 amide bonds. The van der Waals surface area contributed by atoms with Gasteiger partial charge in [-0.2, -0.15) is 13.2 Å². The first-order valence-electron chi connectivity index (χ1n) is 9.03. The highest BCUT2D eigenvalue weighted by molar-refractivity contribution is 5.94. The van der Waals surface area contributed by atoms with Gasteiger partial charge in [-0.15, -0.1) is 0 Å². The molecule has 0 atom stereocenters. The van der Waals surface area contributed by atoms with E-state index in [1.165, 1.54) is 12.1 Å². The molecule has 1 heterocycles. The van der Waals surface area contributed by atoms with Crippen LogP contribution in [0.5, 0.6) is 0 Å². The number of halogens is 3. The summed E-state index contributed by atoms with van der Waals surface area (Å²) in [6.45, 7) is 4.93. The van der Waals surface area contributed by atoms with Gasteiger partial charge < -0.3 is 10.2 Å². The lowest BCUT2D eigenvalue weighted by Crippen LogP contribution is -2.47. The minimum atomic E-state index is -4.41. The number of nitrogens with zero attached hydrogens (tertiary/aromatic N) is 1. The Morgan fingerprint density at radius 3 is 2.12 bits per heavy atom. The second-order valence-electron chi connectivity index (χ2n) is 6.66. The molecule has 1 aliphatic heterocycles. The molecule has 2 rings (SSSR count). The molecule has 1 fully saturated rings. The predicted octanol–water partition coefficient (Wildman–Crippen LogP) is 3.86. The quantitative estimate of drug-likeness (QED) is 0.856. The Bertz CT molecular complexity index is 617. The fourth-order valence-electron chi connectivity index (χ4n) is 3.19. The largest absolute Gasteiger partial charge is 0.416 e. The van der Waals surface area contributed by atoms with E-state index in [4.69, 9.17) is 0 Å². The van der Waals surface area contributed by atoms with Crippen LogP contribution in [0.2, 0.25) is 0 Å². The fraction of sp³-hybridized carbons (Fsp3) is 0.579. The van der Waals surface area contributed by atoms with Crippen molar-refractivity contribution in [1.29, 1.82) is 0 Å². The molecule has 0 saturated carbocycles. The average molecular weight is 370 g/mol. The molecule has 0 aliphatic carbocycles. The molecular weight excluding hydrogens is 345 g/mol. The van der Waals surface area contributed by atoms with Crippen LogP contribution in [0.4, 0.5) is 13.2 Å². The first-order valence-corrected chi connectivity index (χ1v) is 9.03. The zero-order valence-electron chi connectivity index (χ0n) is 15.1. The van der Waals surface area contributed by atoms with Gasteiger partial charge in [0.05, 0.1) is 5.56 Å². The van der Waals surface area contributed by atoms with E-state index in [2.05, 4.69) is 5.32 Å². The number of carbonyl (C=O) groups is 2. The van der Waals surface area contributed by atoms with E-state index in [9.17, 15) is 22.8 Å². The lowest BCUT2D eigenvalue weighted by atomic mass is 9.99. The first kappa shape index (κ1) is 20.3. The van der Waals surface area contributed by atoms with E-state index >= 15 is 0 Å². The number of piperidine rings is 1. The molecule has 0 unspecified atom stereocenters. The summed E-state index contributed by atoms with van der Waals surface area (Å²) in [4.78, 5) is 26.2. The van der Waals surface area contributed by atoms with Crippen LogP contribution in [0, 0.1) is 5.92 Å². The number of carbonyl (C=O) groups excluding carboxylic acids is 2. The van der Waals surface area contributed by atoms with Crippen LogP contribution in [0.1, 0.15) is 55.5 Å². The molecule has 0 radical (unpaired) electrons. The Morgan fingerprint density at radius 1 is 1.12 bits per heavy atom. The molecule has 7 heteroatoms. The van der Waals surface area contributed by atoms with Crippen molar-refractivity contribution in [2.24, 2.45) is 5.92 Å². The average Bonchev–Trinajstić information content (AvgIpc) is 2.62. The lowest BCUT2D eigenvalue weighted by molar-refractivity contribution is -0.137. The predicted molar refractivity (Wildman–Crippen MR) is 92.6 cm³/mol. The number of likely N-dealkylation sites (tertiary alicyclic amines) is 1. The highest BCUT2D eigenvalue weighted by Gasteiger charge is 2.31. The van der Waals surface area contributed by atoms with Crippen LogP contribution in [-0.2, 0) is 11.0 Å².